The molecule has 0 spiro atoms. The summed E-state index contributed by atoms with van der Waals surface area (Å²) in [5, 5.41) is 3.16. The summed E-state index contributed by atoms with van der Waals surface area (Å²) in [7, 11) is 0. The highest BCUT2D eigenvalue weighted by atomic mass is 16.2. The molecule has 2 fully saturated rings. The van der Waals surface area contributed by atoms with Crippen LogP contribution in [0.4, 0.5) is 5.69 Å². The highest BCUT2D eigenvalue weighted by Gasteiger charge is 2.35. The Labute approximate surface area is 172 Å². The van der Waals surface area contributed by atoms with E-state index in [1.165, 1.54) is 24.0 Å². The Hall–Kier alpha value is -2.66. The molecule has 0 aromatic heterocycles. The monoisotopic (exact) mass is 391 g/mol. The van der Waals surface area contributed by atoms with E-state index in [0.29, 0.717) is 13.1 Å². The number of nitrogens with zero attached hydrogens (tertiary/aromatic N) is 2. The van der Waals surface area contributed by atoms with Gasteiger partial charge >= 0.3 is 0 Å². The average molecular weight is 392 g/mol. The summed E-state index contributed by atoms with van der Waals surface area (Å²) in [5.74, 6) is -0.292. The number of anilines is 1. The van der Waals surface area contributed by atoms with Crippen molar-refractivity contribution < 1.29 is 9.59 Å². The predicted octanol–water partition coefficient (Wildman–Crippen LogP) is 3.30. The topological polar surface area (TPSA) is 52.7 Å². The summed E-state index contributed by atoms with van der Waals surface area (Å²) in [6.45, 7) is 5.30. The van der Waals surface area contributed by atoms with Crippen LogP contribution in [0.5, 0.6) is 0 Å². The number of hydrogen-bond acceptors (Lipinski definition) is 3. The summed E-state index contributed by atoms with van der Waals surface area (Å²) in [6.07, 6.45) is 2.69. The normalized spacial score (nSPS) is 20.8. The third-order valence-corrected chi connectivity index (χ3v) is 6.16. The van der Waals surface area contributed by atoms with E-state index < -0.39 is 0 Å². The number of carbonyl (C=O) groups excluding carboxylic acids is 2. The molecule has 2 amide bonds. The van der Waals surface area contributed by atoms with Crippen LogP contribution < -0.4 is 10.2 Å². The Morgan fingerprint density at radius 3 is 2.48 bits per heavy atom. The van der Waals surface area contributed by atoms with Crippen LogP contribution in [0.3, 0.4) is 0 Å². The Morgan fingerprint density at radius 2 is 1.76 bits per heavy atom. The lowest BCUT2D eigenvalue weighted by atomic mass is 9.99. The first kappa shape index (κ1) is 19.6. The average Bonchev–Trinajstić information content (AvgIpc) is 3.40. The zero-order chi connectivity index (χ0) is 20.2. The van der Waals surface area contributed by atoms with Gasteiger partial charge in [0.15, 0.2) is 0 Å². The number of likely N-dealkylation sites (tertiary alicyclic amines) is 1. The van der Waals surface area contributed by atoms with Gasteiger partial charge in [-0.3, -0.25) is 14.5 Å². The minimum absolute atomic E-state index is 0.0189. The molecule has 0 saturated carbocycles. The molecular formula is C24H29N3O2. The second-order valence-electron chi connectivity index (χ2n) is 8.10. The minimum atomic E-state index is -0.293. The van der Waals surface area contributed by atoms with E-state index in [9.17, 15) is 9.59 Å². The first-order valence-corrected chi connectivity index (χ1v) is 10.6. The fraction of sp³-hybridized carbons (Fsp3) is 0.417. The highest BCUT2D eigenvalue weighted by Crippen LogP contribution is 2.28. The Bertz CT molecular complexity index is 861. The van der Waals surface area contributed by atoms with Crippen molar-refractivity contribution in [1.29, 1.82) is 0 Å². The Morgan fingerprint density at radius 1 is 1.07 bits per heavy atom. The van der Waals surface area contributed by atoms with Gasteiger partial charge in [-0.25, -0.2) is 0 Å². The van der Waals surface area contributed by atoms with E-state index in [0.717, 1.165) is 18.8 Å². The number of carbonyl (C=O) groups is 2. The summed E-state index contributed by atoms with van der Waals surface area (Å²) in [6, 6.07) is 18.2. The summed E-state index contributed by atoms with van der Waals surface area (Å²) in [4.78, 5) is 29.5. The highest BCUT2D eigenvalue weighted by molar-refractivity contribution is 6.00. The summed E-state index contributed by atoms with van der Waals surface area (Å²) < 4.78 is 0. The maximum atomic E-state index is 12.9. The fourth-order valence-electron chi connectivity index (χ4n) is 4.53. The molecule has 0 bridgehead atoms. The van der Waals surface area contributed by atoms with Gasteiger partial charge < -0.3 is 10.2 Å². The van der Waals surface area contributed by atoms with Crippen molar-refractivity contribution in [1.82, 2.24) is 10.2 Å². The van der Waals surface area contributed by atoms with Crippen LogP contribution >= 0.6 is 0 Å². The molecule has 2 aromatic carbocycles. The lowest BCUT2D eigenvalue weighted by molar-refractivity contribution is -0.126. The van der Waals surface area contributed by atoms with E-state index in [2.05, 4.69) is 41.4 Å². The van der Waals surface area contributed by atoms with Gasteiger partial charge in [0.05, 0.1) is 12.0 Å². The summed E-state index contributed by atoms with van der Waals surface area (Å²) >= 11 is 0. The number of hydrogen-bond donors (Lipinski definition) is 1. The van der Waals surface area contributed by atoms with Gasteiger partial charge in [0.1, 0.15) is 0 Å². The van der Waals surface area contributed by atoms with E-state index in [4.69, 9.17) is 0 Å². The van der Waals surface area contributed by atoms with Crippen LogP contribution in [-0.2, 0) is 9.59 Å². The maximum absolute atomic E-state index is 12.9. The van der Waals surface area contributed by atoms with E-state index in [1.807, 2.05) is 30.3 Å². The molecule has 2 aromatic rings. The van der Waals surface area contributed by atoms with Gasteiger partial charge in [0.25, 0.3) is 0 Å². The fourth-order valence-corrected chi connectivity index (χ4v) is 4.53. The van der Waals surface area contributed by atoms with Gasteiger partial charge in [0, 0.05) is 25.2 Å². The van der Waals surface area contributed by atoms with Crippen molar-refractivity contribution in [3.63, 3.8) is 0 Å². The molecule has 2 heterocycles. The smallest absolute Gasteiger partial charge is 0.227 e. The zero-order valence-electron chi connectivity index (χ0n) is 17.0. The van der Waals surface area contributed by atoms with E-state index in [-0.39, 0.29) is 30.2 Å². The number of aryl methyl sites for hydroxylation is 1. The van der Waals surface area contributed by atoms with Crippen molar-refractivity contribution in [3.05, 3.63) is 65.7 Å². The zero-order valence-corrected chi connectivity index (χ0v) is 17.0. The van der Waals surface area contributed by atoms with Crippen LogP contribution in [0.2, 0.25) is 0 Å². The molecule has 5 nitrogen and oxygen atoms in total. The number of para-hydroxylation sites is 1. The number of benzene rings is 2. The van der Waals surface area contributed by atoms with Gasteiger partial charge in [-0.05, 0) is 56.1 Å². The molecule has 152 valence electrons. The first-order chi connectivity index (χ1) is 14.1. The number of rotatable bonds is 6. The second kappa shape index (κ2) is 8.78. The van der Waals surface area contributed by atoms with Crippen LogP contribution in [0.25, 0.3) is 0 Å². The van der Waals surface area contributed by atoms with Crippen molar-refractivity contribution in [2.75, 3.05) is 31.1 Å². The van der Waals surface area contributed by atoms with E-state index in [1.54, 1.807) is 4.90 Å². The largest absolute Gasteiger partial charge is 0.354 e. The number of nitrogens with one attached hydrogen (secondary N) is 1. The lowest BCUT2D eigenvalue weighted by Crippen LogP contribution is -2.40. The van der Waals surface area contributed by atoms with Crippen molar-refractivity contribution >= 4 is 17.5 Å². The van der Waals surface area contributed by atoms with Crippen LogP contribution in [0.1, 0.15) is 36.4 Å². The number of amides is 2. The van der Waals surface area contributed by atoms with Gasteiger partial charge in [-0.1, -0.05) is 42.5 Å². The molecular weight excluding hydrogens is 362 g/mol. The molecule has 2 saturated heterocycles. The molecule has 1 N–H and O–H groups in total. The third-order valence-electron chi connectivity index (χ3n) is 6.16. The van der Waals surface area contributed by atoms with Crippen LogP contribution in [0.15, 0.2) is 54.6 Å². The summed E-state index contributed by atoms with van der Waals surface area (Å²) in [5.41, 5.74) is 3.40. The molecule has 2 aliphatic heterocycles. The maximum Gasteiger partial charge on any atom is 0.227 e. The lowest BCUT2D eigenvalue weighted by Gasteiger charge is -2.29. The van der Waals surface area contributed by atoms with E-state index >= 15 is 0 Å². The van der Waals surface area contributed by atoms with Crippen molar-refractivity contribution in [2.24, 2.45) is 5.92 Å². The van der Waals surface area contributed by atoms with Gasteiger partial charge in [0.2, 0.25) is 11.8 Å². The van der Waals surface area contributed by atoms with Crippen LogP contribution in [0, 0.1) is 12.8 Å². The predicted molar refractivity (Wildman–Crippen MR) is 115 cm³/mol. The first-order valence-electron chi connectivity index (χ1n) is 10.6. The molecule has 0 radical (unpaired) electrons. The van der Waals surface area contributed by atoms with Gasteiger partial charge in [-0.15, -0.1) is 0 Å². The Kier molecular flexibility index (Phi) is 5.95. The van der Waals surface area contributed by atoms with Crippen molar-refractivity contribution in [3.8, 4) is 0 Å². The Balaban J connectivity index is 1.42. The molecule has 2 aliphatic rings. The van der Waals surface area contributed by atoms with Gasteiger partial charge in [-0.2, -0.15) is 0 Å². The second-order valence-corrected chi connectivity index (χ2v) is 8.10. The SMILES string of the molecule is Cc1ccccc1C(CNC(=O)C1CC(=O)N(c2ccccc2)C1)N1CCCC1. The molecule has 4 rings (SSSR count). The quantitative estimate of drug-likeness (QED) is 0.822. The molecule has 5 heteroatoms. The molecule has 0 aliphatic carbocycles. The molecule has 29 heavy (non-hydrogen) atoms. The molecule has 2 atom stereocenters. The molecule has 2 unspecified atom stereocenters. The third kappa shape index (κ3) is 4.35. The minimum Gasteiger partial charge on any atom is -0.354 e. The van der Waals surface area contributed by atoms with Crippen LogP contribution in [-0.4, -0.2) is 42.9 Å². The van der Waals surface area contributed by atoms with Crippen molar-refractivity contribution in [2.45, 2.75) is 32.2 Å². The standard InChI is InChI=1S/C24H29N3O2/c1-18-9-5-6-12-21(18)22(26-13-7-8-14-26)16-25-24(29)19-15-23(28)27(17-19)20-10-3-2-4-11-20/h2-6,9-12,19,22H,7-8,13-17H2,1H3,(H,25,29).